The first kappa shape index (κ1) is 16.6. The lowest BCUT2D eigenvalue weighted by Gasteiger charge is -2.03. The summed E-state index contributed by atoms with van der Waals surface area (Å²) in [6.07, 6.45) is 1.31. The smallest absolute Gasteiger partial charge is 0.313 e. The maximum absolute atomic E-state index is 12.2. The number of ketones is 1. The Morgan fingerprint density at radius 2 is 1.80 bits per heavy atom. The second kappa shape index (κ2) is 7.53. The highest BCUT2D eigenvalue weighted by molar-refractivity contribution is 6.02. The van der Waals surface area contributed by atoms with Crippen LogP contribution in [0.1, 0.15) is 39.4 Å². The molecule has 1 amide bonds. The van der Waals surface area contributed by atoms with E-state index in [9.17, 15) is 9.59 Å². The number of rotatable bonds is 6. The molecule has 3 aromatic rings. The number of nitrogens with zero attached hydrogens (tertiary/aromatic N) is 2. The molecule has 6 heteroatoms. The van der Waals surface area contributed by atoms with E-state index < -0.39 is 5.91 Å². The third-order valence-corrected chi connectivity index (χ3v) is 3.66. The average molecular weight is 335 g/mol. The summed E-state index contributed by atoms with van der Waals surface area (Å²) in [7, 11) is 0. The van der Waals surface area contributed by atoms with Crippen LogP contribution in [0.2, 0.25) is 0 Å². The van der Waals surface area contributed by atoms with Crippen molar-refractivity contribution < 1.29 is 14.0 Å². The maximum atomic E-state index is 12.2. The molecule has 0 aliphatic rings. The number of carbonyl (C=O) groups is 2. The third-order valence-electron chi connectivity index (χ3n) is 3.66. The number of aromatic nitrogens is 2. The minimum Gasteiger partial charge on any atom is -0.417 e. The number of hydrogen-bond acceptors (Lipinski definition) is 5. The standard InChI is InChI=1S/C19H17N3O3/c1-13(23)15-8-5-9-16(12-15)20-18(24)19-22-21-17(25-19)11-10-14-6-3-2-4-7-14/h2-9,12H,10-11H2,1H3,(H,20,24). The molecule has 1 heterocycles. The number of aryl methyl sites for hydroxylation is 2. The summed E-state index contributed by atoms with van der Waals surface area (Å²) >= 11 is 0. The van der Waals surface area contributed by atoms with Crippen molar-refractivity contribution in [2.45, 2.75) is 19.8 Å². The van der Waals surface area contributed by atoms with Crippen LogP contribution in [0.4, 0.5) is 5.69 Å². The Labute approximate surface area is 144 Å². The van der Waals surface area contributed by atoms with E-state index >= 15 is 0 Å². The molecule has 0 saturated carbocycles. The van der Waals surface area contributed by atoms with Crippen molar-refractivity contribution in [1.29, 1.82) is 0 Å². The zero-order chi connectivity index (χ0) is 17.6. The monoisotopic (exact) mass is 335 g/mol. The van der Waals surface area contributed by atoms with Crippen molar-refractivity contribution in [3.05, 3.63) is 77.5 Å². The summed E-state index contributed by atoms with van der Waals surface area (Å²) in [4.78, 5) is 23.6. The highest BCUT2D eigenvalue weighted by Gasteiger charge is 2.15. The lowest BCUT2D eigenvalue weighted by molar-refractivity contribution is 0.0985. The zero-order valence-electron chi connectivity index (χ0n) is 13.7. The highest BCUT2D eigenvalue weighted by Crippen LogP contribution is 2.13. The predicted molar refractivity (Wildman–Crippen MR) is 92.5 cm³/mol. The van der Waals surface area contributed by atoms with Gasteiger partial charge in [-0.2, -0.15) is 0 Å². The van der Waals surface area contributed by atoms with Gasteiger partial charge in [-0.25, -0.2) is 0 Å². The van der Waals surface area contributed by atoms with Crippen molar-refractivity contribution >= 4 is 17.4 Å². The minimum atomic E-state index is -0.501. The molecule has 0 unspecified atom stereocenters. The molecular weight excluding hydrogens is 318 g/mol. The summed E-state index contributed by atoms with van der Waals surface area (Å²) in [5.74, 6) is -0.265. The fourth-order valence-electron chi connectivity index (χ4n) is 2.34. The fourth-order valence-corrected chi connectivity index (χ4v) is 2.34. The lowest BCUT2D eigenvalue weighted by Crippen LogP contribution is -2.12. The van der Waals surface area contributed by atoms with E-state index in [2.05, 4.69) is 15.5 Å². The Kier molecular flexibility index (Phi) is 4.99. The van der Waals surface area contributed by atoms with Gasteiger partial charge in [0, 0.05) is 17.7 Å². The van der Waals surface area contributed by atoms with Crippen LogP contribution in [0, 0.1) is 0 Å². The van der Waals surface area contributed by atoms with Crippen LogP contribution in [0.5, 0.6) is 0 Å². The van der Waals surface area contributed by atoms with Crippen LogP contribution in [0.3, 0.4) is 0 Å². The first-order valence-electron chi connectivity index (χ1n) is 7.90. The molecule has 25 heavy (non-hydrogen) atoms. The second-order valence-electron chi connectivity index (χ2n) is 5.58. The molecule has 0 radical (unpaired) electrons. The summed E-state index contributed by atoms with van der Waals surface area (Å²) < 4.78 is 5.42. The van der Waals surface area contributed by atoms with Crippen molar-refractivity contribution in [3.63, 3.8) is 0 Å². The summed E-state index contributed by atoms with van der Waals surface area (Å²) in [6.45, 7) is 1.47. The lowest BCUT2D eigenvalue weighted by atomic mass is 10.1. The van der Waals surface area contributed by atoms with Crippen LogP contribution >= 0.6 is 0 Å². The van der Waals surface area contributed by atoms with E-state index in [1.54, 1.807) is 24.3 Å². The van der Waals surface area contributed by atoms with E-state index in [0.717, 1.165) is 12.0 Å². The van der Waals surface area contributed by atoms with Crippen molar-refractivity contribution in [2.75, 3.05) is 5.32 Å². The molecule has 0 aliphatic heterocycles. The van der Waals surface area contributed by atoms with Gasteiger partial charge in [-0.15, -0.1) is 10.2 Å². The number of carbonyl (C=O) groups excluding carboxylic acids is 2. The number of anilines is 1. The van der Waals surface area contributed by atoms with Gasteiger partial charge in [0.15, 0.2) is 5.78 Å². The quantitative estimate of drug-likeness (QED) is 0.699. The molecule has 6 nitrogen and oxygen atoms in total. The summed E-state index contributed by atoms with van der Waals surface area (Å²) in [5.41, 5.74) is 2.18. The van der Waals surface area contributed by atoms with Crippen LogP contribution in [0.15, 0.2) is 59.0 Å². The number of Topliss-reactive ketones (excluding diaryl/α,β-unsaturated/α-hetero) is 1. The molecule has 1 aromatic heterocycles. The first-order valence-corrected chi connectivity index (χ1v) is 7.90. The Hall–Kier alpha value is -3.28. The van der Waals surface area contributed by atoms with Crippen molar-refractivity contribution in [2.24, 2.45) is 0 Å². The fraction of sp³-hybridized carbons (Fsp3) is 0.158. The molecule has 0 saturated heterocycles. The number of nitrogens with one attached hydrogen (secondary N) is 1. The molecule has 0 fully saturated rings. The molecule has 0 aliphatic carbocycles. The molecule has 126 valence electrons. The second-order valence-corrected chi connectivity index (χ2v) is 5.58. The van der Waals surface area contributed by atoms with Gasteiger partial charge in [-0.3, -0.25) is 9.59 Å². The average Bonchev–Trinajstić information content (AvgIpc) is 3.10. The summed E-state index contributed by atoms with van der Waals surface area (Å²) in [6, 6.07) is 16.6. The molecule has 3 rings (SSSR count). The van der Waals surface area contributed by atoms with Crippen LogP contribution < -0.4 is 5.32 Å². The Bertz CT molecular complexity index is 888. The molecule has 0 bridgehead atoms. The van der Waals surface area contributed by atoms with Crippen molar-refractivity contribution in [3.8, 4) is 0 Å². The van der Waals surface area contributed by atoms with E-state index in [1.165, 1.54) is 6.92 Å². The van der Waals surface area contributed by atoms with Crippen molar-refractivity contribution in [1.82, 2.24) is 10.2 Å². The first-order chi connectivity index (χ1) is 12.1. The van der Waals surface area contributed by atoms with E-state index in [1.807, 2.05) is 30.3 Å². The van der Waals surface area contributed by atoms with E-state index in [0.29, 0.717) is 23.6 Å². The van der Waals surface area contributed by atoms with Gasteiger partial charge in [0.05, 0.1) is 0 Å². The molecular formula is C19H17N3O3. The van der Waals surface area contributed by atoms with Gasteiger partial charge in [-0.05, 0) is 31.0 Å². The normalized spacial score (nSPS) is 10.4. The maximum Gasteiger partial charge on any atom is 0.313 e. The summed E-state index contributed by atoms with van der Waals surface area (Å²) in [5, 5.41) is 10.3. The number of amides is 1. The van der Waals surface area contributed by atoms with Crippen LogP contribution in [0.25, 0.3) is 0 Å². The van der Waals surface area contributed by atoms with E-state index in [4.69, 9.17) is 4.42 Å². The van der Waals surface area contributed by atoms with Gasteiger partial charge in [-0.1, -0.05) is 42.5 Å². The number of benzene rings is 2. The van der Waals surface area contributed by atoms with Gasteiger partial charge >= 0.3 is 11.8 Å². The topological polar surface area (TPSA) is 85.1 Å². The molecule has 0 atom stereocenters. The Morgan fingerprint density at radius 3 is 2.56 bits per heavy atom. The highest BCUT2D eigenvalue weighted by atomic mass is 16.4. The number of hydrogen-bond donors (Lipinski definition) is 1. The Balaban J connectivity index is 1.62. The molecule has 0 spiro atoms. The third kappa shape index (κ3) is 4.38. The van der Waals surface area contributed by atoms with Gasteiger partial charge in [0.25, 0.3) is 0 Å². The largest absolute Gasteiger partial charge is 0.417 e. The van der Waals surface area contributed by atoms with Gasteiger partial charge in [0.2, 0.25) is 5.89 Å². The van der Waals surface area contributed by atoms with Crippen LogP contribution in [-0.4, -0.2) is 21.9 Å². The zero-order valence-corrected chi connectivity index (χ0v) is 13.7. The molecule has 1 N–H and O–H groups in total. The molecule has 2 aromatic carbocycles. The van der Waals surface area contributed by atoms with Crippen LogP contribution in [-0.2, 0) is 12.8 Å². The predicted octanol–water partition coefficient (Wildman–Crippen LogP) is 3.31. The van der Waals surface area contributed by atoms with E-state index in [-0.39, 0.29) is 11.7 Å². The van der Waals surface area contributed by atoms with Gasteiger partial charge < -0.3 is 9.73 Å². The van der Waals surface area contributed by atoms with Gasteiger partial charge in [0.1, 0.15) is 0 Å². The minimum absolute atomic E-state index is 0.0721. The Morgan fingerprint density at radius 1 is 1.00 bits per heavy atom. The SMILES string of the molecule is CC(=O)c1cccc(NC(=O)c2nnc(CCc3ccccc3)o2)c1.